The van der Waals surface area contributed by atoms with E-state index in [-0.39, 0.29) is 16.9 Å². The molecule has 3 aromatic rings. The van der Waals surface area contributed by atoms with Crippen LogP contribution in [0.3, 0.4) is 0 Å². The molecular formula is C14H10N4O4S. The molecule has 0 atom stereocenters. The van der Waals surface area contributed by atoms with Gasteiger partial charge < -0.3 is 5.32 Å². The van der Waals surface area contributed by atoms with Gasteiger partial charge in [0.25, 0.3) is 17.2 Å². The number of hydrogen-bond donors (Lipinski definition) is 1. The molecule has 1 aromatic carbocycles. The lowest BCUT2D eigenvalue weighted by atomic mass is 10.2. The monoisotopic (exact) mass is 330 g/mol. The van der Waals surface area contributed by atoms with Crippen molar-refractivity contribution in [3.8, 4) is 0 Å². The van der Waals surface area contributed by atoms with Gasteiger partial charge in [-0.25, -0.2) is 4.98 Å². The van der Waals surface area contributed by atoms with Crippen LogP contribution >= 0.6 is 11.3 Å². The minimum absolute atomic E-state index is 0.106. The van der Waals surface area contributed by atoms with E-state index in [1.807, 2.05) is 0 Å². The first-order valence-corrected chi connectivity index (χ1v) is 7.36. The zero-order valence-electron chi connectivity index (χ0n) is 11.8. The number of thiazole rings is 1. The second-order valence-corrected chi connectivity index (χ2v) is 5.62. The molecular weight excluding hydrogens is 320 g/mol. The van der Waals surface area contributed by atoms with Crippen molar-refractivity contribution in [3.05, 3.63) is 67.6 Å². The van der Waals surface area contributed by atoms with E-state index in [4.69, 9.17) is 0 Å². The number of nitrogens with zero attached hydrogens (tertiary/aromatic N) is 3. The van der Waals surface area contributed by atoms with Crippen LogP contribution in [0.5, 0.6) is 0 Å². The summed E-state index contributed by atoms with van der Waals surface area (Å²) in [5, 5.41) is 15.1. The van der Waals surface area contributed by atoms with Crippen molar-refractivity contribution >= 4 is 33.6 Å². The number of fused-ring (bicyclic) bond motifs is 1. The molecule has 0 aliphatic heterocycles. The van der Waals surface area contributed by atoms with Crippen LogP contribution in [0, 0.1) is 17.0 Å². The molecule has 0 fully saturated rings. The fourth-order valence-corrected chi connectivity index (χ4v) is 2.74. The minimum atomic E-state index is -0.666. The van der Waals surface area contributed by atoms with Gasteiger partial charge in [-0.15, -0.1) is 11.3 Å². The minimum Gasteiger partial charge on any atom is -0.322 e. The Hall–Kier alpha value is -3.07. The fourth-order valence-electron chi connectivity index (χ4n) is 2.06. The van der Waals surface area contributed by atoms with E-state index in [0.717, 1.165) is 0 Å². The van der Waals surface area contributed by atoms with Crippen LogP contribution in [-0.4, -0.2) is 20.2 Å². The first-order valence-electron chi connectivity index (χ1n) is 6.48. The van der Waals surface area contributed by atoms with Crippen LogP contribution in [0.4, 0.5) is 11.4 Å². The molecule has 0 saturated carbocycles. The first kappa shape index (κ1) is 14.9. The number of amides is 1. The number of benzene rings is 1. The van der Waals surface area contributed by atoms with Gasteiger partial charge in [-0.1, -0.05) is 6.07 Å². The normalized spacial score (nSPS) is 10.7. The first-order chi connectivity index (χ1) is 11.0. The summed E-state index contributed by atoms with van der Waals surface area (Å²) in [5.74, 6) is -0.666. The quantitative estimate of drug-likeness (QED) is 0.585. The maximum absolute atomic E-state index is 12.2. The molecule has 0 spiro atoms. The summed E-state index contributed by atoms with van der Waals surface area (Å²) in [6.07, 6.45) is 2.73. The molecule has 0 unspecified atom stereocenters. The van der Waals surface area contributed by atoms with Gasteiger partial charge in [0.1, 0.15) is 5.56 Å². The predicted octanol–water partition coefficient (Wildman–Crippen LogP) is 2.22. The third-order valence-electron chi connectivity index (χ3n) is 3.25. The Kier molecular flexibility index (Phi) is 3.62. The lowest BCUT2D eigenvalue weighted by Crippen LogP contribution is -2.25. The summed E-state index contributed by atoms with van der Waals surface area (Å²) in [6, 6.07) is 4.32. The molecule has 1 N–H and O–H groups in total. The summed E-state index contributed by atoms with van der Waals surface area (Å²) in [5.41, 5.74) is -0.0121. The molecule has 8 nitrogen and oxygen atoms in total. The van der Waals surface area contributed by atoms with Gasteiger partial charge in [0.05, 0.1) is 4.92 Å². The Morgan fingerprint density at radius 3 is 2.96 bits per heavy atom. The van der Waals surface area contributed by atoms with Crippen molar-refractivity contribution in [1.82, 2.24) is 9.38 Å². The number of carbonyl (C=O) groups excluding carboxylic acids is 1. The van der Waals surface area contributed by atoms with E-state index in [9.17, 15) is 19.7 Å². The van der Waals surface area contributed by atoms with Crippen LogP contribution in [0.15, 0.2) is 40.8 Å². The fraction of sp³-hybridized carbons (Fsp3) is 0.0714. The number of carbonyl (C=O) groups is 1. The lowest BCUT2D eigenvalue weighted by Gasteiger charge is -2.06. The van der Waals surface area contributed by atoms with Gasteiger partial charge in [0.15, 0.2) is 4.96 Å². The van der Waals surface area contributed by atoms with Gasteiger partial charge in [-0.3, -0.25) is 24.1 Å². The van der Waals surface area contributed by atoms with E-state index < -0.39 is 16.4 Å². The topological polar surface area (TPSA) is 107 Å². The van der Waals surface area contributed by atoms with E-state index >= 15 is 0 Å². The highest BCUT2D eigenvalue weighted by Crippen LogP contribution is 2.22. The number of nitro groups is 1. The molecule has 0 bridgehead atoms. The Balaban J connectivity index is 1.95. The van der Waals surface area contributed by atoms with Crippen molar-refractivity contribution in [1.29, 1.82) is 0 Å². The molecule has 0 aliphatic rings. The molecule has 2 heterocycles. The van der Waals surface area contributed by atoms with E-state index in [2.05, 4.69) is 10.3 Å². The number of rotatable bonds is 3. The van der Waals surface area contributed by atoms with Crippen LogP contribution in [0.25, 0.3) is 4.96 Å². The second-order valence-electron chi connectivity index (χ2n) is 4.75. The molecule has 1 amide bonds. The predicted molar refractivity (Wildman–Crippen MR) is 85.1 cm³/mol. The van der Waals surface area contributed by atoms with Crippen molar-refractivity contribution < 1.29 is 9.72 Å². The van der Waals surface area contributed by atoms with Crippen LogP contribution in [0.2, 0.25) is 0 Å². The highest BCUT2D eigenvalue weighted by atomic mass is 32.1. The van der Waals surface area contributed by atoms with Crippen LogP contribution < -0.4 is 10.9 Å². The summed E-state index contributed by atoms with van der Waals surface area (Å²) in [4.78, 5) is 39.4. The van der Waals surface area contributed by atoms with E-state index in [0.29, 0.717) is 10.5 Å². The number of hydrogen-bond acceptors (Lipinski definition) is 6. The smallest absolute Gasteiger partial charge is 0.274 e. The van der Waals surface area contributed by atoms with Gasteiger partial charge in [0, 0.05) is 35.1 Å². The average molecular weight is 330 g/mol. The van der Waals surface area contributed by atoms with Crippen molar-refractivity contribution in [2.24, 2.45) is 0 Å². The summed E-state index contributed by atoms with van der Waals surface area (Å²) in [7, 11) is 0. The van der Waals surface area contributed by atoms with E-state index in [1.165, 1.54) is 46.3 Å². The maximum atomic E-state index is 12.2. The van der Waals surface area contributed by atoms with Gasteiger partial charge in [-0.05, 0) is 13.0 Å². The Bertz CT molecular complexity index is 992. The number of nitrogens with one attached hydrogen (secondary N) is 1. The van der Waals surface area contributed by atoms with Gasteiger partial charge >= 0.3 is 0 Å². The van der Waals surface area contributed by atoms with Crippen molar-refractivity contribution in [2.75, 3.05) is 5.32 Å². The number of aryl methyl sites for hydroxylation is 1. The highest BCUT2D eigenvalue weighted by Gasteiger charge is 2.16. The number of anilines is 1. The average Bonchev–Trinajstić information content (AvgIpc) is 2.98. The third kappa shape index (κ3) is 2.69. The summed E-state index contributed by atoms with van der Waals surface area (Å²) in [6.45, 7) is 1.60. The zero-order chi connectivity index (χ0) is 16.6. The van der Waals surface area contributed by atoms with Crippen molar-refractivity contribution in [3.63, 3.8) is 0 Å². The molecule has 23 heavy (non-hydrogen) atoms. The number of nitro benzene ring substituents is 1. The molecule has 0 radical (unpaired) electrons. The van der Waals surface area contributed by atoms with E-state index in [1.54, 1.807) is 12.3 Å². The molecule has 2 aromatic heterocycles. The molecule has 0 aliphatic carbocycles. The Morgan fingerprint density at radius 1 is 1.43 bits per heavy atom. The van der Waals surface area contributed by atoms with Crippen molar-refractivity contribution in [2.45, 2.75) is 6.92 Å². The summed E-state index contributed by atoms with van der Waals surface area (Å²) < 4.78 is 1.27. The number of aromatic nitrogens is 2. The highest BCUT2D eigenvalue weighted by molar-refractivity contribution is 7.15. The van der Waals surface area contributed by atoms with Crippen LogP contribution in [-0.2, 0) is 0 Å². The van der Waals surface area contributed by atoms with Gasteiger partial charge in [0.2, 0.25) is 0 Å². The maximum Gasteiger partial charge on any atom is 0.274 e. The lowest BCUT2D eigenvalue weighted by molar-refractivity contribution is -0.385. The Labute approximate surface area is 133 Å². The van der Waals surface area contributed by atoms with Gasteiger partial charge in [-0.2, -0.15) is 0 Å². The molecule has 116 valence electrons. The second kappa shape index (κ2) is 5.61. The standard InChI is InChI=1S/C14H10N4O4S/c1-8-2-3-9(6-11(8)18(21)22)16-12(19)10-7-15-14-17(13(10)20)4-5-23-14/h2-7H,1H3,(H,16,19). The molecule has 3 rings (SSSR count). The third-order valence-corrected chi connectivity index (χ3v) is 4.02. The summed E-state index contributed by atoms with van der Waals surface area (Å²) >= 11 is 1.28. The molecule has 0 saturated heterocycles. The Morgan fingerprint density at radius 2 is 2.22 bits per heavy atom. The largest absolute Gasteiger partial charge is 0.322 e. The zero-order valence-corrected chi connectivity index (χ0v) is 12.7. The van der Waals surface area contributed by atoms with Crippen LogP contribution in [0.1, 0.15) is 15.9 Å². The molecule has 9 heteroatoms. The SMILES string of the molecule is Cc1ccc(NC(=O)c2cnc3sccn3c2=O)cc1[N+](=O)[O-].